The number of hydrogen-bond donors (Lipinski definition) is 1. The van der Waals surface area contributed by atoms with Crippen molar-refractivity contribution < 1.29 is 9.59 Å². The molecule has 1 aromatic heterocycles. The maximum absolute atomic E-state index is 13.2. The molecule has 0 bridgehead atoms. The fourth-order valence-electron chi connectivity index (χ4n) is 3.26. The molecule has 29 heavy (non-hydrogen) atoms. The van der Waals surface area contributed by atoms with Gasteiger partial charge in [0.25, 0.3) is 11.8 Å². The molecule has 3 aromatic rings. The average Bonchev–Trinajstić information content (AvgIpc) is 3.20. The summed E-state index contributed by atoms with van der Waals surface area (Å²) < 4.78 is 1.92. The van der Waals surface area contributed by atoms with E-state index in [4.69, 9.17) is 12.2 Å². The fraction of sp³-hybridized carbons (Fsp3) is 0.0870. The van der Waals surface area contributed by atoms with Crippen LogP contribution in [0.15, 0.2) is 78.5 Å². The molecule has 2 aromatic carbocycles. The Kier molecular flexibility index (Phi) is 5.10. The van der Waals surface area contributed by atoms with E-state index < -0.39 is 11.8 Å². The van der Waals surface area contributed by atoms with E-state index in [2.05, 4.69) is 12.2 Å². The lowest BCUT2D eigenvalue weighted by molar-refractivity contribution is -0.122. The molecular formula is C23H19N3O2S. The third-order valence-electron chi connectivity index (χ3n) is 4.81. The van der Waals surface area contributed by atoms with E-state index >= 15 is 0 Å². The van der Waals surface area contributed by atoms with Gasteiger partial charge in [-0.1, -0.05) is 37.3 Å². The maximum atomic E-state index is 13.2. The molecule has 1 aliphatic rings. The quantitative estimate of drug-likeness (QED) is 0.410. The molecule has 5 nitrogen and oxygen atoms in total. The molecule has 0 saturated carbocycles. The Hall–Kier alpha value is -3.51. The number of hydrogen-bond acceptors (Lipinski definition) is 3. The molecule has 6 heteroatoms. The van der Waals surface area contributed by atoms with E-state index in [0.717, 1.165) is 23.4 Å². The number of thiocarbonyl (C=S) groups is 1. The predicted octanol–water partition coefficient (Wildman–Crippen LogP) is 3.87. The van der Waals surface area contributed by atoms with Crippen molar-refractivity contribution in [2.45, 2.75) is 13.3 Å². The third-order valence-corrected chi connectivity index (χ3v) is 5.10. The first-order valence-electron chi connectivity index (χ1n) is 9.31. The summed E-state index contributed by atoms with van der Waals surface area (Å²) in [5.74, 6) is -0.939. The van der Waals surface area contributed by atoms with Crippen molar-refractivity contribution in [3.05, 3.63) is 89.8 Å². The Morgan fingerprint density at radius 1 is 0.931 bits per heavy atom. The van der Waals surface area contributed by atoms with Crippen molar-refractivity contribution >= 4 is 40.9 Å². The predicted molar refractivity (Wildman–Crippen MR) is 118 cm³/mol. The second-order valence-corrected chi connectivity index (χ2v) is 7.00. The smallest absolute Gasteiger partial charge is 0.270 e. The van der Waals surface area contributed by atoms with Gasteiger partial charge in [0.05, 0.1) is 5.69 Å². The topological polar surface area (TPSA) is 54.3 Å². The number of aromatic nitrogens is 1. The van der Waals surface area contributed by atoms with Gasteiger partial charge in [0, 0.05) is 17.6 Å². The number of benzene rings is 2. The Labute approximate surface area is 174 Å². The van der Waals surface area contributed by atoms with Crippen LogP contribution in [0.25, 0.3) is 11.8 Å². The lowest BCUT2D eigenvalue weighted by Crippen LogP contribution is -2.54. The number of carbonyl (C=O) groups is 2. The zero-order valence-corrected chi connectivity index (χ0v) is 16.6. The number of aryl methyl sites for hydroxylation is 1. The number of nitrogens with one attached hydrogen (secondary N) is 1. The molecule has 2 amide bonds. The van der Waals surface area contributed by atoms with Crippen LogP contribution in [0.3, 0.4) is 0 Å². The molecule has 1 fully saturated rings. The Bertz CT molecular complexity index is 1110. The van der Waals surface area contributed by atoms with Gasteiger partial charge in [-0.05, 0) is 66.7 Å². The number of anilines is 1. The van der Waals surface area contributed by atoms with E-state index in [0.29, 0.717) is 5.69 Å². The standard InChI is InChI=1S/C23H19N3O2S/c1-2-16-10-12-18(13-11-16)26-22(28)20(21(27)24-23(26)29)15-19-9-6-14-25(19)17-7-4-3-5-8-17/h3-15H,2H2,1H3,(H,24,27,29)/b20-15-. The number of carbonyl (C=O) groups excluding carboxylic acids is 2. The van der Waals surface area contributed by atoms with Crippen molar-refractivity contribution in [2.24, 2.45) is 0 Å². The van der Waals surface area contributed by atoms with E-state index in [9.17, 15) is 9.59 Å². The lowest BCUT2D eigenvalue weighted by atomic mass is 10.1. The maximum Gasteiger partial charge on any atom is 0.270 e. The molecule has 144 valence electrons. The minimum Gasteiger partial charge on any atom is -0.317 e. The molecule has 0 spiro atoms. The second kappa shape index (κ2) is 7.85. The van der Waals surface area contributed by atoms with Crippen molar-refractivity contribution in [1.29, 1.82) is 0 Å². The molecule has 0 aliphatic carbocycles. The van der Waals surface area contributed by atoms with Crippen LogP contribution >= 0.6 is 12.2 Å². The minimum absolute atomic E-state index is 0.0362. The molecule has 0 atom stereocenters. The monoisotopic (exact) mass is 401 g/mol. The van der Waals surface area contributed by atoms with E-state index in [1.807, 2.05) is 77.5 Å². The van der Waals surface area contributed by atoms with Crippen LogP contribution in [0, 0.1) is 0 Å². The van der Waals surface area contributed by atoms with Crippen LogP contribution in [0.4, 0.5) is 5.69 Å². The first kappa shape index (κ1) is 18.8. The molecule has 0 unspecified atom stereocenters. The highest BCUT2D eigenvalue weighted by atomic mass is 32.1. The fourth-order valence-corrected chi connectivity index (χ4v) is 3.54. The average molecular weight is 401 g/mol. The summed E-state index contributed by atoms with van der Waals surface area (Å²) in [5.41, 5.74) is 3.49. The van der Waals surface area contributed by atoms with Crippen LogP contribution in [0.2, 0.25) is 0 Å². The van der Waals surface area contributed by atoms with Crippen LogP contribution in [0.1, 0.15) is 18.2 Å². The highest BCUT2D eigenvalue weighted by Crippen LogP contribution is 2.23. The minimum atomic E-state index is -0.498. The Morgan fingerprint density at radius 3 is 2.34 bits per heavy atom. The molecule has 4 rings (SSSR count). The van der Waals surface area contributed by atoms with E-state index in [1.165, 1.54) is 4.90 Å². The van der Waals surface area contributed by atoms with Crippen molar-refractivity contribution in [3.63, 3.8) is 0 Å². The summed E-state index contributed by atoms with van der Waals surface area (Å²) in [6.07, 6.45) is 4.38. The van der Waals surface area contributed by atoms with Crippen LogP contribution in [-0.2, 0) is 16.0 Å². The molecule has 1 aliphatic heterocycles. The number of para-hydroxylation sites is 1. The summed E-state index contributed by atoms with van der Waals surface area (Å²) in [6.45, 7) is 2.06. The van der Waals surface area contributed by atoms with Gasteiger partial charge >= 0.3 is 0 Å². The summed E-state index contributed by atoms with van der Waals surface area (Å²) in [6, 6.07) is 21.0. The van der Waals surface area contributed by atoms with Crippen molar-refractivity contribution in [3.8, 4) is 5.69 Å². The van der Waals surface area contributed by atoms with E-state index in [-0.39, 0.29) is 10.7 Å². The number of nitrogens with zero attached hydrogens (tertiary/aromatic N) is 2. The largest absolute Gasteiger partial charge is 0.317 e. The summed E-state index contributed by atoms with van der Waals surface area (Å²) in [4.78, 5) is 27.1. The normalized spacial score (nSPS) is 15.7. The number of amides is 2. The first-order valence-corrected chi connectivity index (χ1v) is 9.72. The Morgan fingerprint density at radius 2 is 1.66 bits per heavy atom. The molecule has 2 heterocycles. The van der Waals surface area contributed by atoms with Gasteiger partial charge in [-0.3, -0.25) is 19.8 Å². The van der Waals surface area contributed by atoms with Gasteiger partial charge in [-0.15, -0.1) is 0 Å². The van der Waals surface area contributed by atoms with Crippen molar-refractivity contribution in [2.75, 3.05) is 4.90 Å². The second-order valence-electron chi connectivity index (χ2n) is 6.62. The number of rotatable bonds is 4. The molecule has 0 radical (unpaired) electrons. The van der Waals surface area contributed by atoms with Gasteiger partial charge in [-0.25, -0.2) is 0 Å². The lowest BCUT2D eigenvalue weighted by Gasteiger charge is -2.29. The van der Waals surface area contributed by atoms with Gasteiger partial charge < -0.3 is 4.57 Å². The van der Waals surface area contributed by atoms with Crippen LogP contribution in [-0.4, -0.2) is 21.5 Å². The van der Waals surface area contributed by atoms with E-state index in [1.54, 1.807) is 6.08 Å². The Balaban J connectivity index is 1.72. The van der Waals surface area contributed by atoms with Gasteiger partial charge in [0.2, 0.25) is 0 Å². The molecule has 1 saturated heterocycles. The van der Waals surface area contributed by atoms with Gasteiger partial charge in [0.15, 0.2) is 5.11 Å². The summed E-state index contributed by atoms with van der Waals surface area (Å²) >= 11 is 5.27. The van der Waals surface area contributed by atoms with Crippen LogP contribution in [0.5, 0.6) is 0 Å². The zero-order chi connectivity index (χ0) is 20.4. The van der Waals surface area contributed by atoms with Crippen molar-refractivity contribution in [1.82, 2.24) is 9.88 Å². The molecular weight excluding hydrogens is 382 g/mol. The molecule has 1 N–H and O–H groups in total. The van der Waals surface area contributed by atoms with Gasteiger partial charge in [0.1, 0.15) is 5.57 Å². The highest BCUT2D eigenvalue weighted by molar-refractivity contribution is 7.80. The van der Waals surface area contributed by atoms with Crippen LogP contribution < -0.4 is 10.2 Å². The van der Waals surface area contributed by atoms with Gasteiger partial charge in [-0.2, -0.15) is 0 Å². The first-order chi connectivity index (χ1) is 14.1. The summed E-state index contributed by atoms with van der Waals surface area (Å²) in [5, 5.41) is 2.71. The third kappa shape index (κ3) is 3.62. The zero-order valence-electron chi connectivity index (χ0n) is 15.8. The highest BCUT2D eigenvalue weighted by Gasteiger charge is 2.34. The summed E-state index contributed by atoms with van der Waals surface area (Å²) in [7, 11) is 0. The SMILES string of the molecule is CCc1ccc(N2C(=O)/C(=C\c3cccn3-c3ccccc3)C(=O)NC2=S)cc1.